The van der Waals surface area contributed by atoms with Gasteiger partial charge >= 0.3 is 0 Å². The molecule has 4 N–H and O–H groups in total. The lowest BCUT2D eigenvalue weighted by atomic mass is 10.0. The Kier molecular flexibility index (Phi) is 10.4. The number of carbonyl (C=O) groups is 2. The number of primary amides is 1. The van der Waals surface area contributed by atoms with Crippen molar-refractivity contribution in [3.63, 3.8) is 0 Å². The first-order valence-corrected chi connectivity index (χ1v) is 11.6. The quantitative estimate of drug-likeness (QED) is 0.341. The van der Waals surface area contributed by atoms with Gasteiger partial charge in [-0.3, -0.25) is 14.2 Å². The van der Waals surface area contributed by atoms with E-state index in [1.165, 1.54) is 12.5 Å². The van der Waals surface area contributed by atoms with Gasteiger partial charge < -0.3 is 15.6 Å². The zero-order valence-electron chi connectivity index (χ0n) is 17.3. The summed E-state index contributed by atoms with van der Waals surface area (Å²) in [5.74, 6) is -1.17. The molecule has 28 heavy (non-hydrogen) atoms. The minimum Gasteiger partial charge on any atom is -0.368 e. The second-order valence-corrected chi connectivity index (χ2v) is 9.55. The Bertz CT molecular complexity index is 667. The van der Waals surface area contributed by atoms with E-state index in [4.69, 9.17) is 10.3 Å². The number of nitrogens with one attached hydrogen (secondary N) is 2. The normalized spacial score (nSPS) is 15.6. The molecule has 0 heterocycles. The minimum atomic E-state index is -3.20. The fourth-order valence-electron chi connectivity index (χ4n) is 2.77. The van der Waals surface area contributed by atoms with Crippen LogP contribution in [0.1, 0.15) is 46.1 Å². The maximum Gasteiger partial charge on any atom is 0.270 e. The molecule has 0 aliphatic heterocycles. The highest BCUT2D eigenvalue weighted by Crippen LogP contribution is 2.44. The number of unbranched alkanes of at least 4 members (excludes halogenated alkanes) is 1. The van der Waals surface area contributed by atoms with Crippen molar-refractivity contribution >= 4 is 19.3 Å². The fraction of sp³-hybridized carbons (Fsp3) is 0.600. The van der Waals surface area contributed by atoms with Gasteiger partial charge in [0.25, 0.3) is 7.52 Å². The highest BCUT2D eigenvalue weighted by Gasteiger charge is 2.32. The van der Waals surface area contributed by atoms with Gasteiger partial charge in [-0.15, -0.1) is 0 Å². The Balaban J connectivity index is 2.69. The molecule has 0 aliphatic rings. The molecule has 158 valence electrons. The summed E-state index contributed by atoms with van der Waals surface area (Å²) in [5, 5.41) is 5.50. The molecule has 8 heteroatoms. The van der Waals surface area contributed by atoms with Crippen LogP contribution >= 0.6 is 7.52 Å². The molecule has 0 saturated carbocycles. The first-order chi connectivity index (χ1) is 13.2. The molecule has 0 spiro atoms. The van der Waals surface area contributed by atoms with Crippen LogP contribution in [0, 0.1) is 5.92 Å². The molecule has 0 bridgehead atoms. The van der Waals surface area contributed by atoms with E-state index in [9.17, 15) is 14.2 Å². The van der Waals surface area contributed by atoms with Gasteiger partial charge in [0, 0.05) is 6.16 Å². The summed E-state index contributed by atoms with van der Waals surface area (Å²) in [7, 11) is -3.20. The molecule has 0 aliphatic carbocycles. The Morgan fingerprint density at radius 3 is 2.32 bits per heavy atom. The summed E-state index contributed by atoms with van der Waals surface area (Å²) in [6.45, 7) is 7.27. The Morgan fingerprint density at radius 1 is 1.14 bits per heavy atom. The highest BCUT2D eigenvalue weighted by atomic mass is 31.2. The van der Waals surface area contributed by atoms with Crippen molar-refractivity contribution in [2.24, 2.45) is 11.7 Å². The third kappa shape index (κ3) is 8.55. The van der Waals surface area contributed by atoms with Crippen LogP contribution in [0.4, 0.5) is 0 Å². The van der Waals surface area contributed by atoms with Crippen LogP contribution in [0.15, 0.2) is 30.3 Å². The standard InChI is InChI=1S/C20H34N3O4P/c1-5-27-28(26,14-10-9-13-17-11-7-6-8-12-17)23-18(15(2)3)20(25)22-16(4)19(21)24/h6-8,11-12,15-16,18H,5,9-10,13-14H2,1-4H3,(H2,21,24)(H,22,25)(H,23,26)/t16-,18-,28?/m0/s1. The van der Waals surface area contributed by atoms with Crippen molar-refractivity contribution in [3.8, 4) is 0 Å². The van der Waals surface area contributed by atoms with Crippen molar-refractivity contribution in [2.75, 3.05) is 12.8 Å². The molecule has 1 rings (SSSR count). The van der Waals surface area contributed by atoms with Crippen LogP contribution in [0.3, 0.4) is 0 Å². The molecule has 0 aromatic heterocycles. The molecule has 7 nitrogen and oxygen atoms in total. The number of amides is 2. The monoisotopic (exact) mass is 411 g/mol. The smallest absolute Gasteiger partial charge is 0.270 e. The molecule has 1 aromatic rings. The predicted molar refractivity (Wildman–Crippen MR) is 112 cm³/mol. The van der Waals surface area contributed by atoms with E-state index >= 15 is 0 Å². The Labute approximate surface area is 168 Å². The van der Waals surface area contributed by atoms with E-state index in [1.807, 2.05) is 32.0 Å². The number of aryl methyl sites for hydroxylation is 1. The maximum absolute atomic E-state index is 13.3. The largest absolute Gasteiger partial charge is 0.368 e. The maximum atomic E-state index is 13.3. The summed E-state index contributed by atoms with van der Waals surface area (Å²) in [6.07, 6.45) is 2.83. The summed E-state index contributed by atoms with van der Waals surface area (Å²) in [5.41, 5.74) is 6.45. The van der Waals surface area contributed by atoms with E-state index in [2.05, 4.69) is 22.5 Å². The van der Waals surface area contributed by atoms with Gasteiger partial charge in [0.1, 0.15) is 6.04 Å². The predicted octanol–water partition coefficient (Wildman–Crippen LogP) is 2.84. The number of benzene rings is 1. The number of carbonyl (C=O) groups excluding carboxylic acids is 2. The van der Waals surface area contributed by atoms with Crippen LogP contribution in [0.2, 0.25) is 0 Å². The second kappa shape index (κ2) is 12.0. The summed E-state index contributed by atoms with van der Waals surface area (Å²) >= 11 is 0. The minimum absolute atomic E-state index is 0.141. The van der Waals surface area contributed by atoms with Crippen molar-refractivity contribution in [3.05, 3.63) is 35.9 Å². The zero-order chi connectivity index (χ0) is 21.2. The third-order valence-electron chi connectivity index (χ3n) is 4.42. The molecule has 0 fully saturated rings. The van der Waals surface area contributed by atoms with Gasteiger partial charge in [-0.25, -0.2) is 5.09 Å². The van der Waals surface area contributed by atoms with Gasteiger partial charge in [0.15, 0.2) is 0 Å². The van der Waals surface area contributed by atoms with E-state index in [-0.39, 0.29) is 12.5 Å². The SMILES string of the molecule is CCOP(=O)(CCCCc1ccccc1)N[C@H](C(=O)N[C@@H](C)C(N)=O)C(C)C. The van der Waals surface area contributed by atoms with Crippen molar-refractivity contribution in [1.82, 2.24) is 10.4 Å². The van der Waals surface area contributed by atoms with Gasteiger partial charge in [-0.05, 0) is 44.6 Å². The average molecular weight is 411 g/mol. The molecule has 0 radical (unpaired) electrons. The zero-order valence-corrected chi connectivity index (χ0v) is 18.2. The van der Waals surface area contributed by atoms with Gasteiger partial charge in [0.2, 0.25) is 11.8 Å². The van der Waals surface area contributed by atoms with Gasteiger partial charge in [-0.1, -0.05) is 44.2 Å². The second-order valence-electron chi connectivity index (χ2n) is 7.24. The molecular formula is C20H34N3O4P. The third-order valence-corrected chi connectivity index (χ3v) is 6.67. The Hall–Kier alpha value is -1.69. The highest BCUT2D eigenvalue weighted by molar-refractivity contribution is 7.56. The number of hydrogen-bond acceptors (Lipinski definition) is 4. The molecule has 2 amide bonds. The van der Waals surface area contributed by atoms with Crippen molar-refractivity contribution < 1.29 is 18.7 Å². The van der Waals surface area contributed by atoms with E-state index in [0.717, 1.165) is 12.8 Å². The van der Waals surface area contributed by atoms with Crippen LogP contribution in [-0.4, -0.2) is 36.7 Å². The van der Waals surface area contributed by atoms with Crippen LogP contribution in [0.5, 0.6) is 0 Å². The van der Waals surface area contributed by atoms with Gasteiger partial charge in [0.05, 0.1) is 12.6 Å². The van der Waals surface area contributed by atoms with Crippen LogP contribution in [-0.2, 0) is 25.1 Å². The fourth-order valence-corrected chi connectivity index (χ4v) is 4.99. The molecule has 3 atom stereocenters. The summed E-state index contributed by atoms with van der Waals surface area (Å²) in [6, 6.07) is 8.58. The van der Waals surface area contributed by atoms with E-state index in [0.29, 0.717) is 12.6 Å². The first-order valence-electron chi connectivity index (χ1n) is 9.83. The topological polar surface area (TPSA) is 111 Å². The average Bonchev–Trinajstić information content (AvgIpc) is 2.64. The van der Waals surface area contributed by atoms with Crippen molar-refractivity contribution in [1.29, 1.82) is 0 Å². The summed E-state index contributed by atoms with van der Waals surface area (Å²) < 4.78 is 18.8. The molecular weight excluding hydrogens is 377 g/mol. The van der Waals surface area contributed by atoms with Crippen LogP contribution in [0.25, 0.3) is 0 Å². The van der Waals surface area contributed by atoms with E-state index in [1.54, 1.807) is 6.92 Å². The van der Waals surface area contributed by atoms with Crippen LogP contribution < -0.4 is 16.1 Å². The molecule has 0 saturated heterocycles. The first kappa shape index (κ1) is 24.3. The lowest BCUT2D eigenvalue weighted by Gasteiger charge is -2.28. The molecule has 1 unspecified atom stereocenters. The lowest BCUT2D eigenvalue weighted by molar-refractivity contribution is -0.128. The number of rotatable bonds is 13. The molecule has 1 aromatic carbocycles. The summed E-state index contributed by atoms with van der Waals surface area (Å²) in [4.78, 5) is 23.8. The van der Waals surface area contributed by atoms with E-state index < -0.39 is 31.4 Å². The van der Waals surface area contributed by atoms with Crippen molar-refractivity contribution in [2.45, 2.75) is 59.0 Å². The lowest BCUT2D eigenvalue weighted by Crippen LogP contribution is -2.52. The van der Waals surface area contributed by atoms with Gasteiger partial charge in [-0.2, -0.15) is 0 Å². The number of hydrogen-bond donors (Lipinski definition) is 3. The number of nitrogens with two attached hydrogens (primary N) is 1. The Morgan fingerprint density at radius 2 is 1.79 bits per heavy atom.